The Labute approximate surface area is 247 Å². The molecule has 3 aromatic carbocycles. The second-order valence-corrected chi connectivity index (χ2v) is 11.6. The second kappa shape index (κ2) is 11.0. The Hall–Kier alpha value is -3.68. The van der Waals surface area contributed by atoms with Gasteiger partial charge in [0.05, 0.1) is 22.5 Å². The van der Waals surface area contributed by atoms with Gasteiger partial charge in [0.1, 0.15) is 6.04 Å². The van der Waals surface area contributed by atoms with E-state index in [-0.39, 0.29) is 40.8 Å². The summed E-state index contributed by atoms with van der Waals surface area (Å²) in [7, 11) is 0. The number of nitrogens with zero attached hydrogens (tertiary/aromatic N) is 1. The third kappa shape index (κ3) is 4.61. The molecule has 0 unspecified atom stereocenters. The molecule has 1 heterocycles. The van der Waals surface area contributed by atoms with Crippen LogP contribution in [0, 0.1) is 11.8 Å². The van der Waals surface area contributed by atoms with Gasteiger partial charge >= 0.3 is 5.97 Å². The summed E-state index contributed by atoms with van der Waals surface area (Å²) in [4.78, 5) is 55.4. The molecule has 0 radical (unpaired) electrons. The molecule has 1 fully saturated rings. The van der Waals surface area contributed by atoms with E-state index in [9.17, 15) is 19.2 Å². The van der Waals surface area contributed by atoms with Crippen LogP contribution in [0.4, 0.5) is 5.69 Å². The number of carbonyl (C=O) groups excluding carboxylic acids is 4. The van der Waals surface area contributed by atoms with E-state index in [4.69, 9.17) is 27.9 Å². The predicted octanol–water partition coefficient (Wildman–Crippen LogP) is 5.93. The Kier molecular flexibility index (Phi) is 7.34. The van der Waals surface area contributed by atoms with Gasteiger partial charge in [0.15, 0.2) is 6.61 Å². The normalized spacial score (nSPS) is 22.6. The highest BCUT2D eigenvalue weighted by atomic mass is 35.5. The first-order valence-corrected chi connectivity index (χ1v) is 14.5. The van der Waals surface area contributed by atoms with Gasteiger partial charge in [0, 0.05) is 16.9 Å². The van der Waals surface area contributed by atoms with Gasteiger partial charge in [0.2, 0.25) is 11.8 Å². The molecule has 0 aromatic heterocycles. The minimum Gasteiger partial charge on any atom is -0.454 e. The molecule has 4 aliphatic rings. The number of carbonyl (C=O) groups is 4. The highest BCUT2D eigenvalue weighted by molar-refractivity contribution is 6.35. The lowest BCUT2D eigenvalue weighted by molar-refractivity contribution is -0.160. The zero-order chi connectivity index (χ0) is 28.8. The number of anilines is 1. The number of halogens is 2. The highest BCUT2D eigenvalue weighted by Gasteiger charge is 2.63. The van der Waals surface area contributed by atoms with Crippen LogP contribution in [0.5, 0.6) is 0 Å². The first-order valence-electron chi connectivity index (χ1n) is 13.8. The zero-order valence-corrected chi connectivity index (χ0v) is 23.8. The summed E-state index contributed by atoms with van der Waals surface area (Å²) in [6.07, 6.45) is 1.61. The first-order chi connectivity index (χ1) is 19.8. The van der Waals surface area contributed by atoms with Gasteiger partial charge < -0.3 is 10.1 Å². The lowest BCUT2D eigenvalue weighted by Crippen LogP contribution is -2.47. The number of hydrogen-bond donors (Lipinski definition) is 1. The molecule has 3 aromatic rings. The molecule has 3 amide bonds. The van der Waals surface area contributed by atoms with E-state index in [1.807, 2.05) is 55.5 Å². The molecule has 9 heteroatoms. The zero-order valence-electron chi connectivity index (χ0n) is 22.3. The third-order valence-electron chi connectivity index (χ3n) is 8.45. The van der Waals surface area contributed by atoms with Crippen molar-refractivity contribution in [2.75, 3.05) is 11.9 Å². The second-order valence-electron chi connectivity index (χ2n) is 10.7. The van der Waals surface area contributed by atoms with Crippen LogP contribution in [0.3, 0.4) is 0 Å². The van der Waals surface area contributed by atoms with Gasteiger partial charge in [-0.05, 0) is 46.9 Å². The number of benzene rings is 3. The van der Waals surface area contributed by atoms with Crippen molar-refractivity contribution in [2.24, 2.45) is 11.8 Å². The maximum Gasteiger partial charge on any atom is 0.329 e. The summed E-state index contributed by atoms with van der Waals surface area (Å²) in [6.45, 7) is 1.36. The van der Waals surface area contributed by atoms with Gasteiger partial charge in [-0.2, -0.15) is 0 Å². The molecule has 7 rings (SSSR count). The summed E-state index contributed by atoms with van der Waals surface area (Å²) in [5.74, 6) is -3.84. The molecule has 0 saturated carbocycles. The average molecular weight is 591 g/mol. The molecular formula is C32H28Cl2N2O5. The standard InChI is InChI=1S/C32H28Cl2N2O5/c1-2-3-12-24(32(40)41-16-25(37)35-23-15-17(33)13-14-22(23)34)36-30(38)28-26-18-8-4-5-9-19(18)27(29(28)31(36)39)21-11-7-6-10-20(21)26/h4-11,13-15,24,26-29H,2-3,12,16H2,1H3,(H,35,37)/t24-,26?,27?,28-,29+/m1/s1. The number of amides is 3. The Morgan fingerprint density at radius 2 is 1.41 bits per heavy atom. The smallest absolute Gasteiger partial charge is 0.329 e. The van der Waals surface area contributed by atoms with E-state index in [1.54, 1.807) is 12.1 Å². The van der Waals surface area contributed by atoms with Crippen LogP contribution in [-0.2, 0) is 23.9 Å². The van der Waals surface area contributed by atoms with Crippen LogP contribution in [0.15, 0.2) is 66.7 Å². The highest BCUT2D eigenvalue weighted by Crippen LogP contribution is 2.61. The monoisotopic (exact) mass is 590 g/mol. The molecule has 7 nitrogen and oxygen atoms in total. The van der Waals surface area contributed by atoms with E-state index in [0.717, 1.165) is 33.6 Å². The Morgan fingerprint density at radius 3 is 1.93 bits per heavy atom. The molecule has 3 atom stereocenters. The van der Waals surface area contributed by atoms with Crippen molar-refractivity contribution in [1.82, 2.24) is 4.90 Å². The fourth-order valence-corrected chi connectivity index (χ4v) is 7.11. The van der Waals surface area contributed by atoms with Crippen molar-refractivity contribution in [2.45, 2.75) is 44.1 Å². The largest absolute Gasteiger partial charge is 0.454 e. The van der Waals surface area contributed by atoms with E-state index < -0.39 is 36.4 Å². The molecule has 210 valence electrons. The number of rotatable bonds is 8. The fourth-order valence-electron chi connectivity index (χ4n) is 6.77. The molecule has 2 bridgehead atoms. The number of unbranched alkanes of at least 4 members (excludes halogenated alkanes) is 1. The molecule has 3 aliphatic carbocycles. The molecule has 1 saturated heterocycles. The van der Waals surface area contributed by atoms with Crippen LogP contribution in [0.1, 0.15) is 60.3 Å². The predicted molar refractivity (Wildman–Crippen MR) is 155 cm³/mol. The van der Waals surface area contributed by atoms with Crippen molar-refractivity contribution in [1.29, 1.82) is 0 Å². The van der Waals surface area contributed by atoms with Crippen molar-refractivity contribution in [3.8, 4) is 0 Å². The van der Waals surface area contributed by atoms with E-state index in [0.29, 0.717) is 11.4 Å². The van der Waals surface area contributed by atoms with Crippen LogP contribution in [0.2, 0.25) is 10.0 Å². The summed E-state index contributed by atoms with van der Waals surface area (Å²) in [5, 5.41) is 3.24. The van der Waals surface area contributed by atoms with Crippen LogP contribution in [-0.4, -0.2) is 41.2 Å². The topological polar surface area (TPSA) is 92.8 Å². The quantitative estimate of drug-likeness (QED) is 0.259. The molecule has 41 heavy (non-hydrogen) atoms. The summed E-state index contributed by atoms with van der Waals surface area (Å²) in [6, 6.07) is 19.5. The maximum absolute atomic E-state index is 14.1. The molecule has 0 spiro atoms. The van der Waals surface area contributed by atoms with Crippen molar-refractivity contribution in [3.63, 3.8) is 0 Å². The Morgan fingerprint density at radius 1 is 0.878 bits per heavy atom. The van der Waals surface area contributed by atoms with Crippen LogP contribution < -0.4 is 5.32 Å². The lowest BCUT2D eigenvalue weighted by atomic mass is 9.55. The van der Waals surface area contributed by atoms with Crippen molar-refractivity contribution < 1.29 is 23.9 Å². The summed E-state index contributed by atoms with van der Waals surface area (Å²) >= 11 is 12.1. The van der Waals surface area contributed by atoms with E-state index >= 15 is 0 Å². The molecular weight excluding hydrogens is 563 g/mol. The minimum atomic E-state index is -1.12. The number of imide groups is 1. The number of nitrogens with one attached hydrogen (secondary N) is 1. The number of ether oxygens (including phenoxy) is 1. The van der Waals surface area contributed by atoms with E-state index in [2.05, 4.69) is 5.32 Å². The molecule has 1 aliphatic heterocycles. The van der Waals surface area contributed by atoms with E-state index in [1.165, 1.54) is 6.07 Å². The first kappa shape index (κ1) is 27.5. The Bertz CT molecular complexity index is 1460. The fraction of sp³-hybridized carbons (Fsp3) is 0.312. The maximum atomic E-state index is 14.1. The van der Waals surface area contributed by atoms with Crippen molar-refractivity contribution >= 4 is 52.6 Å². The number of esters is 1. The minimum absolute atomic E-state index is 0.253. The molecule has 1 N–H and O–H groups in total. The Balaban J connectivity index is 1.26. The van der Waals surface area contributed by atoms with Gasteiger partial charge in [0.25, 0.3) is 5.91 Å². The van der Waals surface area contributed by atoms with Crippen LogP contribution >= 0.6 is 23.2 Å². The van der Waals surface area contributed by atoms with Gasteiger partial charge in [-0.15, -0.1) is 0 Å². The lowest BCUT2D eigenvalue weighted by Gasteiger charge is -2.45. The SMILES string of the molecule is CCCC[C@H](C(=O)OCC(=O)Nc1cc(Cl)ccc1Cl)N1C(=O)[C@@H]2C3c4ccccc4C(c4ccccc43)[C@@H]2C1=O. The average Bonchev–Trinajstić information content (AvgIpc) is 3.24. The van der Waals surface area contributed by atoms with Crippen molar-refractivity contribution in [3.05, 3.63) is 99.0 Å². The van der Waals surface area contributed by atoms with Crippen LogP contribution in [0.25, 0.3) is 0 Å². The summed E-state index contributed by atoms with van der Waals surface area (Å²) < 4.78 is 5.39. The van der Waals surface area contributed by atoms with Gasteiger partial charge in [-0.3, -0.25) is 19.3 Å². The van der Waals surface area contributed by atoms with Gasteiger partial charge in [-0.25, -0.2) is 4.79 Å². The number of hydrogen-bond acceptors (Lipinski definition) is 5. The number of likely N-dealkylation sites (tertiary alicyclic amines) is 1. The summed E-state index contributed by atoms with van der Waals surface area (Å²) in [5.41, 5.74) is 4.52. The third-order valence-corrected chi connectivity index (χ3v) is 9.01. The van der Waals surface area contributed by atoms with Gasteiger partial charge in [-0.1, -0.05) is 91.5 Å².